The minimum absolute atomic E-state index is 0.113. The number of hydrogen-bond donors (Lipinski definition) is 2. The van der Waals surface area contributed by atoms with Crippen LogP contribution in [0.4, 0.5) is 0 Å². The highest BCUT2D eigenvalue weighted by Gasteiger charge is 1.98. The summed E-state index contributed by atoms with van der Waals surface area (Å²) in [5.74, 6) is 0.226. The molecule has 0 heterocycles. The van der Waals surface area contributed by atoms with Gasteiger partial charge >= 0.3 is 0 Å². The van der Waals surface area contributed by atoms with E-state index in [0.717, 1.165) is 26.2 Å². The van der Waals surface area contributed by atoms with Gasteiger partial charge in [0, 0.05) is 13.1 Å². The maximum Gasteiger partial charge on any atom is 0.0666 e. The normalized spacial score (nSPS) is 13.5. The maximum atomic E-state index is 8.61. The summed E-state index contributed by atoms with van der Waals surface area (Å²) in [7, 11) is 0. The molecular formula is C15H28N4. The van der Waals surface area contributed by atoms with Crippen molar-refractivity contribution in [2.75, 3.05) is 26.2 Å². The molecule has 19 heavy (non-hydrogen) atoms. The van der Waals surface area contributed by atoms with Crippen LogP contribution < -0.4 is 10.6 Å². The zero-order chi connectivity index (χ0) is 14.3. The highest BCUT2D eigenvalue weighted by molar-refractivity contribution is 4.80. The van der Waals surface area contributed by atoms with Gasteiger partial charge in [0.1, 0.15) is 0 Å². The molecule has 0 aromatic rings. The first-order valence-electron chi connectivity index (χ1n) is 7.41. The van der Waals surface area contributed by atoms with E-state index in [2.05, 4.69) is 22.8 Å². The second-order valence-corrected chi connectivity index (χ2v) is 5.24. The Balaban J connectivity index is 3.08. The summed E-state index contributed by atoms with van der Waals surface area (Å²) >= 11 is 0. The molecule has 4 heteroatoms. The smallest absolute Gasteiger partial charge is 0.0666 e. The zero-order valence-corrected chi connectivity index (χ0v) is 12.4. The van der Waals surface area contributed by atoms with Gasteiger partial charge in [-0.1, -0.05) is 19.3 Å². The molecule has 2 N–H and O–H groups in total. The Morgan fingerprint density at radius 1 is 0.737 bits per heavy atom. The van der Waals surface area contributed by atoms with Crippen LogP contribution >= 0.6 is 0 Å². The van der Waals surface area contributed by atoms with Crippen LogP contribution in [0, 0.1) is 34.5 Å². The molecule has 0 saturated heterocycles. The molecule has 0 aliphatic heterocycles. The number of nitrogens with one attached hydrogen (secondary N) is 2. The fourth-order valence-electron chi connectivity index (χ4n) is 1.76. The van der Waals surface area contributed by atoms with Gasteiger partial charge in [0.2, 0.25) is 0 Å². The first kappa shape index (κ1) is 17.9. The van der Waals surface area contributed by atoms with E-state index in [1.807, 2.05) is 13.8 Å². The number of rotatable bonds is 12. The average Bonchev–Trinajstić information content (AvgIpc) is 2.43. The van der Waals surface area contributed by atoms with Gasteiger partial charge in [-0.3, -0.25) is 0 Å². The van der Waals surface area contributed by atoms with Gasteiger partial charge in [0.05, 0.1) is 24.0 Å². The van der Waals surface area contributed by atoms with Crippen LogP contribution in [-0.2, 0) is 0 Å². The second kappa shape index (κ2) is 13.3. The molecule has 0 aliphatic carbocycles. The molecule has 2 atom stereocenters. The summed E-state index contributed by atoms with van der Waals surface area (Å²) in [5, 5.41) is 23.8. The third-order valence-electron chi connectivity index (χ3n) is 3.05. The lowest BCUT2D eigenvalue weighted by atomic mass is 10.1. The van der Waals surface area contributed by atoms with Crippen molar-refractivity contribution in [2.24, 2.45) is 11.8 Å². The first-order valence-corrected chi connectivity index (χ1v) is 7.41. The summed E-state index contributed by atoms with van der Waals surface area (Å²) in [6, 6.07) is 4.44. The minimum atomic E-state index is 0.113. The van der Waals surface area contributed by atoms with Crippen LogP contribution in [0.3, 0.4) is 0 Å². The second-order valence-electron chi connectivity index (χ2n) is 5.24. The fraction of sp³-hybridized carbons (Fsp3) is 0.867. The lowest BCUT2D eigenvalue weighted by Gasteiger charge is -2.07. The van der Waals surface area contributed by atoms with E-state index in [-0.39, 0.29) is 11.8 Å². The Morgan fingerprint density at radius 2 is 1.11 bits per heavy atom. The van der Waals surface area contributed by atoms with E-state index in [0.29, 0.717) is 0 Å². The molecular weight excluding hydrogens is 236 g/mol. The van der Waals surface area contributed by atoms with E-state index >= 15 is 0 Å². The maximum absolute atomic E-state index is 8.61. The van der Waals surface area contributed by atoms with E-state index in [1.54, 1.807) is 0 Å². The molecule has 0 aromatic carbocycles. The molecule has 0 aromatic heterocycles. The standard InChI is InChI=1S/C15H28N4/c1-14(10-16)12-18-8-6-4-3-5-7-9-19-13-15(2)11-17/h14-15,18-19H,3-9,12-13H2,1-2H3/t14-,15+. The summed E-state index contributed by atoms with van der Waals surface area (Å²) in [6.45, 7) is 7.52. The van der Waals surface area contributed by atoms with E-state index < -0.39 is 0 Å². The molecule has 0 unspecified atom stereocenters. The molecule has 108 valence electrons. The van der Waals surface area contributed by atoms with Gasteiger partial charge in [0.15, 0.2) is 0 Å². The van der Waals surface area contributed by atoms with Crippen molar-refractivity contribution in [1.82, 2.24) is 10.6 Å². The van der Waals surface area contributed by atoms with Crippen molar-refractivity contribution >= 4 is 0 Å². The van der Waals surface area contributed by atoms with Crippen molar-refractivity contribution in [3.63, 3.8) is 0 Å². The minimum Gasteiger partial charge on any atom is -0.315 e. The molecule has 0 aliphatic rings. The Hall–Kier alpha value is -1.10. The summed E-state index contributed by atoms with van der Waals surface area (Å²) in [4.78, 5) is 0. The van der Waals surface area contributed by atoms with Gasteiger partial charge in [0.25, 0.3) is 0 Å². The highest BCUT2D eigenvalue weighted by atomic mass is 14.9. The summed E-state index contributed by atoms with van der Waals surface area (Å²) in [5.41, 5.74) is 0. The molecule has 0 fully saturated rings. The highest BCUT2D eigenvalue weighted by Crippen LogP contribution is 2.02. The van der Waals surface area contributed by atoms with Crippen LogP contribution in [0.25, 0.3) is 0 Å². The molecule has 0 rings (SSSR count). The molecule has 0 bridgehead atoms. The van der Waals surface area contributed by atoms with Gasteiger partial charge in [-0.15, -0.1) is 0 Å². The third-order valence-corrected chi connectivity index (χ3v) is 3.05. The van der Waals surface area contributed by atoms with Gasteiger partial charge in [-0.25, -0.2) is 0 Å². The average molecular weight is 264 g/mol. The predicted molar refractivity (Wildman–Crippen MR) is 78.4 cm³/mol. The van der Waals surface area contributed by atoms with Crippen molar-refractivity contribution in [2.45, 2.75) is 46.0 Å². The van der Waals surface area contributed by atoms with Crippen molar-refractivity contribution in [3.05, 3.63) is 0 Å². The van der Waals surface area contributed by atoms with Crippen molar-refractivity contribution in [1.29, 1.82) is 10.5 Å². The van der Waals surface area contributed by atoms with Crippen molar-refractivity contribution in [3.8, 4) is 12.1 Å². The Labute approximate surface area is 118 Å². The zero-order valence-electron chi connectivity index (χ0n) is 12.4. The van der Waals surface area contributed by atoms with Crippen molar-refractivity contribution < 1.29 is 0 Å². The van der Waals surface area contributed by atoms with E-state index in [4.69, 9.17) is 10.5 Å². The van der Waals surface area contributed by atoms with Gasteiger partial charge in [-0.05, 0) is 39.8 Å². The first-order chi connectivity index (χ1) is 9.20. The molecule has 0 saturated carbocycles. The Kier molecular flexibility index (Phi) is 12.6. The molecule has 0 amide bonds. The predicted octanol–water partition coefficient (Wildman–Crippen LogP) is 2.44. The quantitative estimate of drug-likeness (QED) is 0.531. The lowest BCUT2D eigenvalue weighted by molar-refractivity contribution is 0.530. The number of nitrogens with zero attached hydrogens (tertiary/aromatic N) is 2. The fourth-order valence-corrected chi connectivity index (χ4v) is 1.76. The van der Waals surface area contributed by atoms with E-state index in [1.165, 1.54) is 32.1 Å². The van der Waals surface area contributed by atoms with Gasteiger partial charge in [-0.2, -0.15) is 10.5 Å². The number of unbranched alkanes of at least 4 members (excludes halogenated alkanes) is 4. The largest absolute Gasteiger partial charge is 0.315 e. The Morgan fingerprint density at radius 3 is 1.47 bits per heavy atom. The lowest BCUT2D eigenvalue weighted by Crippen LogP contribution is -2.21. The SMILES string of the molecule is C[C@H](C#N)CNCCCCCCCNC[C@@H](C)C#N. The molecule has 4 nitrogen and oxygen atoms in total. The van der Waals surface area contributed by atoms with Crippen LogP contribution in [-0.4, -0.2) is 26.2 Å². The van der Waals surface area contributed by atoms with Crippen LogP contribution in [0.1, 0.15) is 46.0 Å². The summed E-state index contributed by atoms with van der Waals surface area (Å²) < 4.78 is 0. The monoisotopic (exact) mass is 264 g/mol. The summed E-state index contributed by atoms with van der Waals surface area (Å²) in [6.07, 6.45) is 6.16. The topological polar surface area (TPSA) is 71.6 Å². The molecule has 0 radical (unpaired) electrons. The third kappa shape index (κ3) is 13.1. The van der Waals surface area contributed by atoms with E-state index in [9.17, 15) is 0 Å². The number of hydrogen-bond acceptors (Lipinski definition) is 4. The Bertz CT molecular complexity index is 249. The van der Waals surface area contributed by atoms with Crippen LogP contribution in [0.2, 0.25) is 0 Å². The van der Waals surface area contributed by atoms with Crippen LogP contribution in [0.15, 0.2) is 0 Å². The van der Waals surface area contributed by atoms with Gasteiger partial charge < -0.3 is 10.6 Å². The number of nitriles is 2. The van der Waals surface area contributed by atoms with Crippen LogP contribution in [0.5, 0.6) is 0 Å². The molecule has 0 spiro atoms.